The van der Waals surface area contributed by atoms with Gasteiger partial charge in [0.1, 0.15) is 16.8 Å². The molecule has 1 fully saturated rings. The molecule has 1 aromatic rings. The third kappa shape index (κ3) is 3.32. The molecule has 2 rings (SSSR count). The van der Waals surface area contributed by atoms with Gasteiger partial charge in [-0.25, -0.2) is 9.97 Å². The lowest BCUT2D eigenvalue weighted by Crippen LogP contribution is -2.22. The largest absolute Gasteiger partial charge is 0.359 e. The number of halogens is 1. The van der Waals surface area contributed by atoms with Crippen molar-refractivity contribution >= 4 is 17.4 Å². The molecule has 0 N–H and O–H groups in total. The Balaban J connectivity index is 2.07. The van der Waals surface area contributed by atoms with Gasteiger partial charge in [0.25, 0.3) is 0 Å². The Morgan fingerprint density at radius 1 is 1.47 bits per heavy atom. The third-order valence-electron chi connectivity index (χ3n) is 3.38. The van der Waals surface area contributed by atoms with Gasteiger partial charge in [-0.2, -0.15) is 0 Å². The fourth-order valence-corrected chi connectivity index (χ4v) is 2.28. The molecule has 0 saturated heterocycles. The number of hydrogen-bond acceptors (Lipinski definition) is 3. The van der Waals surface area contributed by atoms with E-state index in [1.807, 2.05) is 6.07 Å². The van der Waals surface area contributed by atoms with Gasteiger partial charge in [0.15, 0.2) is 0 Å². The van der Waals surface area contributed by atoms with Crippen molar-refractivity contribution in [1.82, 2.24) is 9.97 Å². The zero-order valence-electron chi connectivity index (χ0n) is 10.8. The van der Waals surface area contributed by atoms with E-state index in [2.05, 4.69) is 35.8 Å². The minimum atomic E-state index is 0.550. The molecule has 2 atom stereocenters. The van der Waals surface area contributed by atoms with Crippen LogP contribution in [0.4, 0.5) is 5.82 Å². The van der Waals surface area contributed by atoms with Gasteiger partial charge in [-0.05, 0) is 24.7 Å². The first-order valence-corrected chi connectivity index (χ1v) is 6.72. The summed E-state index contributed by atoms with van der Waals surface area (Å²) in [5.74, 6) is 3.49. The lowest BCUT2D eigenvalue weighted by Gasteiger charge is -2.18. The molecule has 94 valence electrons. The van der Waals surface area contributed by atoms with E-state index >= 15 is 0 Å². The summed E-state index contributed by atoms with van der Waals surface area (Å²) >= 11 is 6.03. The van der Waals surface area contributed by atoms with E-state index in [0.29, 0.717) is 5.15 Å². The highest BCUT2D eigenvalue weighted by atomic mass is 35.5. The Morgan fingerprint density at radius 2 is 2.18 bits per heavy atom. The molecule has 1 aliphatic carbocycles. The van der Waals surface area contributed by atoms with E-state index in [1.165, 1.54) is 6.42 Å². The Kier molecular flexibility index (Phi) is 3.87. The van der Waals surface area contributed by atoms with Gasteiger partial charge in [-0.15, -0.1) is 0 Å². The summed E-state index contributed by atoms with van der Waals surface area (Å²) in [5.41, 5.74) is 0. The Morgan fingerprint density at radius 3 is 2.76 bits per heavy atom. The van der Waals surface area contributed by atoms with Crippen LogP contribution in [0, 0.1) is 11.8 Å². The molecule has 3 nitrogen and oxygen atoms in total. The molecule has 1 saturated carbocycles. The molecule has 17 heavy (non-hydrogen) atoms. The van der Waals surface area contributed by atoms with Gasteiger partial charge in [0.2, 0.25) is 0 Å². The first kappa shape index (κ1) is 12.6. The summed E-state index contributed by atoms with van der Waals surface area (Å²) in [6, 6.07) is 1.85. The molecule has 4 heteroatoms. The highest BCUT2D eigenvalue weighted by Gasteiger charge is 2.33. The Bertz CT molecular complexity index is 394. The van der Waals surface area contributed by atoms with Crippen LogP contribution in [0.5, 0.6) is 0 Å². The van der Waals surface area contributed by atoms with Gasteiger partial charge < -0.3 is 4.90 Å². The van der Waals surface area contributed by atoms with Gasteiger partial charge in [0, 0.05) is 26.1 Å². The lowest BCUT2D eigenvalue weighted by atomic mass is 10.3. The summed E-state index contributed by atoms with van der Waals surface area (Å²) in [4.78, 5) is 11.0. The zero-order chi connectivity index (χ0) is 12.4. The van der Waals surface area contributed by atoms with Crippen LogP contribution in [-0.4, -0.2) is 23.6 Å². The Labute approximate surface area is 108 Å². The van der Waals surface area contributed by atoms with Crippen LogP contribution in [0.25, 0.3) is 0 Å². The van der Waals surface area contributed by atoms with E-state index < -0.39 is 0 Å². The van der Waals surface area contributed by atoms with Crippen molar-refractivity contribution in [3.8, 4) is 0 Å². The Hall–Kier alpha value is -0.830. The highest BCUT2D eigenvalue weighted by molar-refractivity contribution is 6.29. The molecule has 0 radical (unpaired) electrons. The number of nitrogens with zero attached hydrogens (tertiary/aromatic N) is 3. The number of rotatable bonds is 5. The van der Waals surface area contributed by atoms with Crippen LogP contribution in [0.1, 0.15) is 32.5 Å². The van der Waals surface area contributed by atoms with Gasteiger partial charge in [-0.1, -0.05) is 25.4 Å². The first-order chi connectivity index (χ1) is 8.10. The van der Waals surface area contributed by atoms with Crippen LogP contribution < -0.4 is 4.90 Å². The average Bonchev–Trinajstić information content (AvgIpc) is 2.93. The number of aryl methyl sites for hydroxylation is 1. The van der Waals surface area contributed by atoms with Crippen molar-refractivity contribution in [3.63, 3.8) is 0 Å². The van der Waals surface area contributed by atoms with Crippen molar-refractivity contribution in [2.75, 3.05) is 18.5 Å². The van der Waals surface area contributed by atoms with Crippen molar-refractivity contribution in [3.05, 3.63) is 17.0 Å². The molecular weight excluding hydrogens is 234 g/mol. The van der Waals surface area contributed by atoms with E-state index in [4.69, 9.17) is 11.6 Å². The third-order valence-corrected chi connectivity index (χ3v) is 3.57. The molecule has 1 aliphatic rings. The highest BCUT2D eigenvalue weighted by Crippen LogP contribution is 2.38. The van der Waals surface area contributed by atoms with Crippen LogP contribution >= 0.6 is 11.6 Å². The first-order valence-electron chi connectivity index (χ1n) is 6.34. The van der Waals surface area contributed by atoms with Crippen LogP contribution in [0.15, 0.2) is 6.07 Å². The maximum Gasteiger partial charge on any atom is 0.134 e. The minimum absolute atomic E-state index is 0.550. The fourth-order valence-electron chi connectivity index (χ4n) is 2.08. The van der Waals surface area contributed by atoms with E-state index in [0.717, 1.165) is 42.9 Å². The molecule has 0 aliphatic heterocycles. The average molecular weight is 254 g/mol. The number of aromatic nitrogens is 2. The van der Waals surface area contributed by atoms with Crippen LogP contribution in [0.2, 0.25) is 5.15 Å². The smallest absolute Gasteiger partial charge is 0.134 e. The monoisotopic (exact) mass is 253 g/mol. The predicted octanol–water partition coefficient (Wildman–Crippen LogP) is 3.17. The fraction of sp³-hybridized carbons (Fsp3) is 0.692. The van der Waals surface area contributed by atoms with Crippen LogP contribution in [-0.2, 0) is 6.42 Å². The predicted molar refractivity (Wildman–Crippen MR) is 71.6 cm³/mol. The summed E-state index contributed by atoms with van der Waals surface area (Å²) in [7, 11) is 2.08. The van der Waals surface area contributed by atoms with Gasteiger partial charge in [0.05, 0.1) is 0 Å². The maximum atomic E-state index is 6.03. The minimum Gasteiger partial charge on any atom is -0.359 e. The summed E-state index contributed by atoms with van der Waals surface area (Å²) in [6.07, 6.45) is 3.27. The van der Waals surface area contributed by atoms with E-state index in [1.54, 1.807) is 0 Å². The second-order valence-electron chi connectivity index (χ2n) is 5.07. The second kappa shape index (κ2) is 5.21. The van der Waals surface area contributed by atoms with E-state index in [9.17, 15) is 0 Å². The SMILES string of the molecule is CCCc1nc(Cl)cc(N(C)CC2CC2C)n1. The summed E-state index contributed by atoms with van der Waals surface area (Å²) in [5, 5.41) is 0.550. The maximum absolute atomic E-state index is 6.03. The standard InChI is InChI=1S/C13H20ClN3/c1-4-5-12-15-11(14)7-13(16-12)17(3)8-10-6-9(10)2/h7,9-10H,4-6,8H2,1-3H3. The van der Waals surface area contributed by atoms with Crippen molar-refractivity contribution in [2.45, 2.75) is 33.1 Å². The topological polar surface area (TPSA) is 29.0 Å². The molecule has 1 heterocycles. The molecule has 0 bridgehead atoms. The molecule has 1 aromatic heterocycles. The number of hydrogen-bond donors (Lipinski definition) is 0. The molecule has 0 spiro atoms. The summed E-state index contributed by atoms with van der Waals surface area (Å²) in [6.45, 7) is 5.49. The molecule has 0 aromatic carbocycles. The number of anilines is 1. The van der Waals surface area contributed by atoms with Crippen LogP contribution in [0.3, 0.4) is 0 Å². The summed E-state index contributed by atoms with van der Waals surface area (Å²) < 4.78 is 0. The lowest BCUT2D eigenvalue weighted by molar-refractivity contribution is 0.714. The zero-order valence-corrected chi connectivity index (χ0v) is 11.5. The van der Waals surface area contributed by atoms with Crippen molar-refractivity contribution in [2.24, 2.45) is 11.8 Å². The molecular formula is C13H20ClN3. The van der Waals surface area contributed by atoms with Gasteiger partial charge >= 0.3 is 0 Å². The quantitative estimate of drug-likeness (QED) is 0.755. The van der Waals surface area contributed by atoms with Gasteiger partial charge in [-0.3, -0.25) is 0 Å². The second-order valence-corrected chi connectivity index (χ2v) is 5.46. The van der Waals surface area contributed by atoms with E-state index in [-0.39, 0.29) is 0 Å². The van der Waals surface area contributed by atoms with Crippen molar-refractivity contribution < 1.29 is 0 Å². The molecule has 2 unspecified atom stereocenters. The van der Waals surface area contributed by atoms with Crippen molar-refractivity contribution in [1.29, 1.82) is 0 Å². The normalized spacial score (nSPS) is 22.6. The molecule has 0 amide bonds.